The number of nitrogens with one attached hydrogen (secondary N) is 1. The van der Waals surface area contributed by atoms with Gasteiger partial charge in [-0.15, -0.1) is 0 Å². The lowest BCUT2D eigenvalue weighted by Gasteiger charge is -2.16. The summed E-state index contributed by atoms with van der Waals surface area (Å²) in [7, 11) is 1.97. The van der Waals surface area contributed by atoms with E-state index in [9.17, 15) is 4.79 Å². The minimum Gasteiger partial charge on any atom is -0.342 e. The third-order valence-corrected chi connectivity index (χ3v) is 3.57. The second kappa shape index (κ2) is 6.01. The van der Waals surface area contributed by atoms with Gasteiger partial charge in [-0.25, -0.2) is 0 Å². The van der Waals surface area contributed by atoms with E-state index in [0.717, 1.165) is 31.6 Å². The molecule has 1 aliphatic heterocycles. The Morgan fingerprint density at radius 1 is 1.50 bits per heavy atom. The summed E-state index contributed by atoms with van der Waals surface area (Å²) in [6.45, 7) is 4.89. The van der Waals surface area contributed by atoms with E-state index in [0.29, 0.717) is 12.3 Å². The maximum Gasteiger partial charge on any atom is 0.226 e. The maximum absolute atomic E-state index is 12.2. The Labute approximate surface area is 109 Å². The van der Waals surface area contributed by atoms with Crippen molar-refractivity contribution in [3.63, 3.8) is 0 Å². The van der Waals surface area contributed by atoms with Gasteiger partial charge in [0.25, 0.3) is 0 Å². The van der Waals surface area contributed by atoms with Crippen LogP contribution in [0, 0.1) is 12.8 Å². The van der Waals surface area contributed by atoms with Crippen molar-refractivity contribution < 1.29 is 4.79 Å². The summed E-state index contributed by atoms with van der Waals surface area (Å²) in [4.78, 5) is 14.2. The molecule has 0 bridgehead atoms. The van der Waals surface area contributed by atoms with Gasteiger partial charge in [-0.2, -0.15) is 0 Å². The molecule has 2 rings (SSSR count). The van der Waals surface area contributed by atoms with E-state index in [-0.39, 0.29) is 5.91 Å². The van der Waals surface area contributed by atoms with Crippen LogP contribution in [0.4, 0.5) is 0 Å². The highest BCUT2D eigenvalue weighted by Crippen LogP contribution is 2.17. The molecule has 1 heterocycles. The molecule has 18 heavy (non-hydrogen) atoms. The number of hydrogen-bond donors (Lipinski definition) is 1. The standard InChI is InChI=1S/C15H22N2O/c1-12-4-3-5-13(8-12)9-15(18)17-7-6-14(11-17)10-16-2/h3-5,8,14,16H,6-7,9-11H2,1-2H3. The van der Waals surface area contributed by atoms with E-state index in [1.807, 2.05) is 24.1 Å². The molecule has 3 heteroatoms. The molecule has 0 saturated carbocycles. The van der Waals surface area contributed by atoms with Crippen LogP contribution in [0.5, 0.6) is 0 Å². The summed E-state index contributed by atoms with van der Waals surface area (Å²) in [5.41, 5.74) is 2.34. The van der Waals surface area contributed by atoms with Crippen LogP contribution in [0.1, 0.15) is 17.5 Å². The van der Waals surface area contributed by atoms with Crippen LogP contribution in [0.3, 0.4) is 0 Å². The largest absolute Gasteiger partial charge is 0.342 e. The Morgan fingerprint density at radius 3 is 3.06 bits per heavy atom. The van der Waals surface area contributed by atoms with Gasteiger partial charge in [-0.3, -0.25) is 4.79 Å². The van der Waals surface area contributed by atoms with Gasteiger partial charge in [0.15, 0.2) is 0 Å². The first-order valence-electron chi connectivity index (χ1n) is 6.67. The Morgan fingerprint density at radius 2 is 2.33 bits per heavy atom. The third kappa shape index (κ3) is 3.33. The van der Waals surface area contributed by atoms with E-state index in [2.05, 4.69) is 24.4 Å². The predicted octanol–water partition coefficient (Wildman–Crippen LogP) is 1.61. The second-order valence-electron chi connectivity index (χ2n) is 5.22. The molecule has 1 fully saturated rings. The van der Waals surface area contributed by atoms with Crippen molar-refractivity contribution in [3.8, 4) is 0 Å². The summed E-state index contributed by atoms with van der Waals surface area (Å²) in [6, 6.07) is 8.21. The molecule has 1 atom stereocenters. The van der Waals surface area contributed by atoms with E-state index in [1.54, 1.807) is 0 Å². The molecule has 0 aliphatic carbocycles. The molecule has 1 aromatic carbocycles. The van der Waals surface area contributed by atoms with Crippen LogP contribution in [0.2, 0.25) is 0 Å². The number of nitrogens with zero attached hydrogens (tertiary/aromatic N) is 1. The van der Waals surface area contributed by atoms with Gasteiger partial charge in [0.05, 0.1) is 6.42 Å². The Kier molecular flexibility index (Phi) is 4.37. The Hall–Kier alpha value is -1.35. The fourth-order valence-corrected chi connectivity index (χ4v) is 2.62. The Balaban J connectivity index is 1.89. The van der Waals surface area contributed by atoms with Crippen LogP contribution in [0.25, 0.3) is 0 Å². The zero-order valence-electron chi connectivity index (χ0n) is 11.3. The number of carbonyl (C=O) groups excluding carboxylic acids is 1. The topological polar surface area (TPSA) is 32.3 Å². The molecule has 98 valence electrons. The van der Waals surface area contributed by atoms with Gasteiger partial charge >= 0.3 is 0 Å². The number of aryl methyl sites for hydroxylation is 1. The highest BCUT2D eigenvalue weighted by Gasteiger charge is 2.25. The highest BCUT2D eigenvalue weighted by atomic mass is 16.2. The predicted molar refractivity (Wildman–Crippen MR) is 73.5 cm³/mol. The van der Waals surface area contributed by atoms with Crippen LogP contribution in [-0.2, 0) is 11.2 Å². The average molecular weight is 246 g/mol. The number of benzene rings is 1. The van der Waals surface area contributed by atoms with Gasteiger partial charge in [0, 0.05) is 13.1 Å². The monoisotopic (exact) mass is 246 g/mol. The summed E-state index contributed by atoms with van der Waals surface area (Å²) in [5.74, 6) is 0.885. The van der Waals surface area contributed by atoms with Crippen LogP contribution in [0.15, 0.2) is 24.3 Å². The highest BCUT2D eigenvalue weighted by molar-refractivity contribution is 5.79. The summed E-state index contributed by atoms with van der Waals surface area (Å²) >= 11 is 0. The summed E-state index contributed by atoms with van der Waals surface area (Å²) in [6.07, 6.45) is 1.66. The zero-order chi connectivity index (χ0) is 13.0. The molecule has 1 N–H and O–H groups in total. The SMILES string of the molecule is CNCC1CCN(C(=O)Cc2cccc(C)c2)C1. The molecule has 1 saturated heterocycles. The number of amides is 1. The van der Waals surface area contributed by atoms with Crippen molar-refractivity contribution in [1.82, 2.24) is 10.2 Å². The molecule has 1 amide bonds. The van der Waals surface area contributed by atoms with Gasteiger partial charge in [-0.05, 0) is 38.4 Å². The number of rotatable bonds is 4. The summed E-state index contributed by atoms with van der Waals surface area (Å²) < 4.78 is 0. The van der Waals surface area contributed by atoms with Gasteiger partial charge in [-0.1, -0.05) is 29.8 Å². The van der Waals surface area contributed by atoms with Crippen LogP contribution >= 0.6 is 0 Å². The van der Waals surface area contributed by atoms with Crippen molar-refractivity contribution in [2.24, 2.45) is 5.92 Å². The number of likely N-dealkylation sites (tertiary alicyclic amines) is 1. The minimum atomic E-state index is 0.263. The molecule has 1 aliphatic rings. The maximum atomic E-state index is 12.2. The molecule has 3 nitrogen and oxygen atoms in total. The van der Waals surface area contributed by atoms with E-state index in [1.165, 1.54) is 5.56 Å². The van der Waals surface area contributed by atoms with E-state index < -0.39 is 0 Å². The van der Waals surface area contributed by atoms with Crippen LogP contribution in [-0.4, -0.2) is 37.5 Å². The third-order valence-electron chi connectivity index (χ3n) is 3.57. The lowest BCUT2D eigenvalue weighted by atomic mass is 10.1. The van der Waals surface area contributed by atoms with Crippen molar-refractivity contribution in [3.05, 3.63) is 35.4 Å². The van der Waals surface area contributed by atoms with Crippen molar-refractivity contribution in [1.29, 1.82) is 0 Å². The smallest absolute Gasteiger partial charge is 0.226 e. The van der Waals surface area contributed by atoms with Crippen LogP contribution < -0.4 is 5.32 Å². The number of hydrogen-bond acceptors (Lipinski definition) is 2. The molecule has 1 unspecified atom stereocenters. The molecular formula is C15H22N2O. The fourth-order valence-electron chi connectivity index (χ4n) is 2.62. The molecule has 0 aromatic heterocycles. The van der Waals surface area contributed by atoms with Crippen molar-refractivity contribution in [2.75, 3.05) is 26.7 Å². The second-order valence-corrected chi connectivity index (χ2v) is 5.22. The first-order chi connectivity index (χ1) is 8.69. The zero-order valence-corrected chi connectivity index (χ0v) is 11.3. The van der Waals surface area contributed by atoms with Gasteiger partial charge in [0.2, 0.25) is 5.91 Å². The summed E-state index contributed by atoms with van der Waals surface area (Å²) in [5, 5.41) is 3.19. The molecular weight excluding hydrogens is 224 g/mol. The quantitative estimate of drug-likeness (QED) is 0.875. The first kappa shape index (κ1) is 13.1. The van der Waals surface area contributed by atoms with Crippen molar-refractivity contribution in [2.45, 2.75) is 19.8 Å². The molecule has 0 spiro atoms. The van der Waals surface area contributed by atoms with E-state index in [4.69, 9.17) is 0 Å². The fraction of sp³-hybridized carbons (Fsp3) is 0.533. The first-order valence-corrected chi connectivity index (χ1v) is 6.67. The minimum absolute atomic E-state index is 0.263. The normalized spacial score (nSPS) is 19.2. The van der Waals surface area contributed by atoms with Crippen molar-refractivity contribution >= 4 is 5.91 Å². The number of carbonyl (C=O) groups is 1. The van der Waals surface area contributed by atoms with Gasteiger partial charge < -0.3 is 10.2 Å². The molecule has 0 radical (unpaired) electrons. The van der Waals surface area contributed by atoms with Gasteiger partial charge in [0.1, 0.15) is 0 Å². The molecule has 1 aromatic rings. The lowest BCUT2D eigenvalue weighted by molar-refractivity contribution is -0.129. The lowest BCUT2D eigenvalue weighted by Crippen LogP contribution is -2.31. The Bertz CT molecular complexity index is 417. The van der Waals surface area contributed by atoms with E-state index >= 15 is 0 Å². The average Bonchev–Trinajstić information content (AvgIpc) is 2.78.